The molecule has 0 radical (unpaired) electrons. The lowest BCUT2D eigenvalue weighted by Gasteiger charge is -2.26. The molecule has 1 fully saturated rings. The summed E-state index contributed by atoms with van der Waals surface area (Å²) in [5.74, 6) is 0.921. The fraction of sp³-hybridized carbons (Fsp3) is 0.414. The van der Waals surface area contributed by atoms with Crippen LogP contribution in [0.4, 0.5) is 0 Å². The number of carbonyl (C=O) groups is 1. The van der Waals surface area contributed by atoms with Crippen LogP contribution >= 0.6 is 11.3 Å². The molecule has 38 heavy (non-hydrogen) atoms. The van der Waals surface area contributed by atoms with E-state index in [1.165, 1.54) is 43.7 Å². The summed E-state index contributed by atoms with van der Waals surface area (Å²) in [7, 11) is 5.86. The molecule has 0 N–H and O–H groups in total. The lowest BCUT2D eigenvalue weighted by molar-refractivity contribution is 0.0791. The first-order valence-electron chi connectivity index (χ1n) is 13.3. The van der Waals surface area contributed by atoms with Gasteiger partial charge in [-0.2, -0.15) is 5.10 Å². The van der Waals surface area contributed by atoms with Gasteiger partial charge in [-0.3, -0.25) is 9.69 Å². The largest absolute Gasteiger partial charge is 0.492 e. The highest BCUT2D eigenvalue weighted by molar-refractivity contribution is 7.12. The van der Waals surface area contributed by atoms with E-state index in [1.54, 1.807) is 9.42 Å². The molecule has 0 unspecified atom stereocenters. The number of amides is 1. The minimum atomic E-state index is 0.0359. The van der Waals surface area contributed by atoms with Crippen LogP contribution in [0.3, 0.4) is 0 Å². The number of thiophene rings is 1. The van der Waals surface area contributed by atoms with Crippen molar-refractivity contribution in [2.75, 3.05) is 60.5 Å². The number of hydrogen-bond acceptors (Lipinski definition) is 7. The van der Waals surface area contributed by atoms with Crippen molar-refractivity contribution < 1.29 is 9.53 Å². The summed E-state index contributed by atoms with van der Waals surface area (Å²) in [6.07, 6.45) is 9.63. The highest BCUT2D eigenvalue weighted by Crippen LogP contribution is 2.30. The third-order valence-electron chi connectivity index (χ3n) is 7.02. The number of nitrogens with zero attached hydrogens (tertiary/aromatic N) is 6. The Hall–Kier alpha value is -3.27. The molecule has 0 bridgehead atoms. The predicted octanol–water partition coefficient (Wildman–Crippen LogP) is 4.62. The molecule has 0 atom stereocenters. The average Bonchev–Trinajstić information content (AvgIpc) is 3.59. The molecule has 1 amide bonds. The van der Waals surface area contributed by atoms with E-state index >= 15 is 0 Å². The van der Waals surface area contributed by atoms with Crippen LogP contribution in [0, 0.1) is 0 Å². The zero-order valence-electron chi connectivity index (χ0n) is 22.5. The first-order valence-corrected chi connectivity index (χ1v) is 14.1. The maximum Gasteiger partial charge on any atom is 0.263 e. The summed E-state index contributed by atoms with van der Waals surface area (Å²) in [4.78, 5) is 24.6. The van der Waals surface area contributed by atoms with E-state index in [1.807, 2.05) is 63.3 Å². The minimum Gasteiger partial charge on any atom is -0.492 e. The average molecular weight is 533 g/mol. The summed E-state index contributed by atoms with van der Waals surface area (Å²) in [6.45, 7) is 5.59. The van der Waals surface area contributed by atoms with Crippen LogP contribution < -0.4 is 4.74 Å². The van der Waals surface area contributed by atoms with Gasteiger partial charge in [-0.15, -0.1) is 11.3 Å². The topological polar surface area (TPSA) is 66.2 Å². The molecule has 0 aliphatic carbocycles. The van der Waals surface area contributed by atoms with Crippen LogP contribution in [0.15, 0.2) is 54.3 Å². The molecule has 9 heteroatoms. The standard InChI is InChI=1S/C29H36N6O2S/c1-32(2)13-14-33(3)29(36)27-17-23(21-38-27)26-19-31-35-20-24(18-30-28(26)35)22-7-9-25(10-8-22)37-16-15-34-11-5-4-6-12-34/h7-10,17-21H,4-6,11-16H2,1-3H3. The molecule has 1 aromatic carbocycles. The van der Waals surface area contributed by atoms with Gasteiger partial charge < -0.3 is 14.5 Å². The number of benzene rings is 1. The van der Waals surface area contributed by atoms with Crippen molar-refractivity contribution in [1.29, 1.82) is 0 Å². The molecule has 0 spiro atoms. The number of piperidine rings is 1. The molecule has 4 aromatic rings. The van der Waals surface area contributed by atoms with Crippen molar-refractivity contribution >= 4 is 22.9 Å². The number of hydrogen-bond donors (Lipinski definition) is 0. The molecule has 5 rings (SSSR count). The van der Waals surface area contributed by atoms with E-state index in [4.69, 9.17) is 9.72 Å². The van der Waals surface area contributed by atoms with Crippen molar-refractivity contribution in [1.82, 2.24) is 29.3 Å². The van der Waals surface area contributed by atoms with Gasteiger partial charge >= 0.3 is 0 Å². The number of likely N-dealkylation sites (tertiary alicyclic amines) is 1. The monoisotopic (exact) mass is 532 g/mol. The highest BCUT2D eigenvalue weighted by atomic mass is 32.1. The van der Waals surface area contributed by atoms with Crippen molar-refractivity contribution in [2.24, 2.45) is 0 Å². The minimum absolute atomic E-state index is 0.0359. The van der Waals surface area contributed by atoms with Gasteiger partial charge in [0.1, 0.15) is 12.4 Å². The van der Waals surface area contributed by atoms with Gasteiger partial charge in [0, 0.05) is 50.2 Å². The molecule has 4 heterocycles. The first-order chi connectivity index (χ1) is 18.5. The van der Waals surface area contributed by atoms with Crippen LogP contribution in [0.25, 0.3) is 27.9 Å². The second kappa shape index (κ2) is 12.1. The molecular weight excluding hydrogens is 496 g/mol. The number of fused-ring (bicyclic) bond motifs is 1. The highest BCUT2D eigenvalue weighted by Gasteiger charge is 2.17. The fourth-order valence-electron chi connectivity index (χ4n) is 4.68. The number of carbonyl (C=O) groups excluding carboxylic acids is 1. The quantitative estimate of drug-likeness (QED) is 0.297. The maximum atomic E-state index is 12.8. The van der Waals surface area contributed by atoms with Crippen LogP contribution in [-0.4, -0.2) is 95.7 Å². The van der Waals surface area contributed by atoms with Crippen molar-refractivity contribution in [2.45, 2.75) is 19.3 Å². The Morgan fingerprint density at radius 1 is 1.00 bits per heavy atom. The Balaban J connectivity index is 1.23. The fourth-order valence-corrected chi connectivity index (χ4v) is 5.58. The molecule has 200 valence electrons. The molecular formula is C29H36N6O2S. The van der Waals surface area contributed by atoms with E-state index in [0.717, 1.165) is 51.6 Å². The number of aromatic nitrogens is 3. The lowest BCUT2D eigenvalue weighted by atomic mass is 10.1. The Bertz CT molecular complexity index is 1360. The predicted molar refractivity (Wildman–Crippen MR) is 153 cm³/mol. The van der Waals surface area contributed by atoms with E-state index < -0.39 is 0 Å². The summed E-state index contributed by atoms with van der Waals surface area (Å²) in [6, 6.07) is 10.1. The SMILES string of the molecule is CN(C)CCN(C)C(=O)c1cc(-c2cnn3cc(-c4ccc(OCCN5CCCCC5)cc4)cnc23)cs1. The zero-order chi connectivity index (χ0) is 26.5. The van der Waals surface area contributed by atoms with Gasteiger partial charge in [0.15, 0.2) is 5.65 Å². The van der Waals surface area contributed by atoms with Crippen LogP contribution in [0.5, 0.6) is 5.75 Å². The summed E-state index contributed by atoms with van der Waals surface area (Å²) < 4.78 is 7.78. The summed E-state index contributed by atoms with van der Waals surface area (Å²) in [5, 5.41) is 6.55. The lowest BCUT2D eigenvalue weighted by Crippen LogP contribution is -2.33. The maximum absolute atomic E-state index is 12.8. The third-order valence-corrected chi connectivity index (χ3v) is 7.94. The van der Waals surface area contributed by atoms with E-state index in [9.17, 15) is 4.79 Å². The Morgan fingerprint density at radius 3 is 2.55 bits per heavy atom. The number of ether oxygens (including phenoxy) is 1. The number of likely N-dealkylation sites (N-methyl/N-ethyl adjacent to an activating group) is 2. The van der Waals surface area contributed by atoms with Gasteiger partial charge in [0.25, 0.3) is 5.91 Å². The van der Waals surface area contributed by atoms with Crippen molar-refractivity contribution in [3.8, 4) is 28.0 Å². The van der Waals surface area contributed by atoms with Crippen LogP contribution in [-0.2, 0) is 0 Å². The molecule has 1 aliphatic heterocycles. The third kappa shape index (κ3) is 6.23. The van der Waals surface area contributed by atoms with Crippen molar-refractivity contribution in [3.63, 3.8) is 0 Å². The van der Waals surface area contributed by atoms with Gasteiger partial charge in [-0.25, -0.2) is 9.50 Å². The Labute approximate surface area is 228 Å². The summed E-state index contributed by atoms with van der Waals surface area (Å²) >= 11 is 1.46. The Kier molecular flexibility index (Phi) is 8.36. The van der Waals surface area contributed by atoms with Gasteiger partial charge in [0.05, 0.1) is 11.1 Å². The first kappa shape index (κ1) is 26.3. The van der Waals surface area contributed by atoms with Crippen LogP contribution in [0.2, 0.25) is 0 Å². The molecule has 1 saturated heterocycles. The molecule has 1 aliphatic rings. The molecule has 8 nitrogen and oxygen atoms in total. The molecule has 0 saturated carbocycles. The van der Waals surface area contributed by atoms with E-state index in [2.05, 4.69) is 27.0 Å². The Morgan fingerprint density at radius 2 is 1.79 bits per heavy atom. The second-order valence-corrected chi connectivity index (χ2v) is 11.1. The summed E-state index contributed by atoms with van der Waals surface area (Å²) in [5.41, 5.74) is 4.69. The zero-order valence-corrected chi connectivity index (χ0v) is 23.3. The normalized spacial score (nSPS) is 14.3. The number of rotatable bonds is 10. The van der Waals surface area contributed by atoms with Crippen LogP contribution in [0.1, 0.15) is 28.9 Å². The van der Waals surface area contributed by atoms with E-state index in [0.29, 0.717) is 13.2 Å². The smallest absolute Gasteiger partial charge is 0.263 e. The van der Waals surface area contributed by atoms with Gasteiger partial charge in [-0.1, -0.05) is 18.6 Å². The van der Waals surface area contributed by atoms with Crippen molar-refractivity contribution in [3.05, 3.63) is 59.2 Å². The van der Waals surface area contributed by atoms with Gasteiger partial charge in [-0.05, 0) is 74.7 Å². The molecule has 3 aromatic heterocycles. The second-order valence-electron chi connectivity index (χ2n) is 10.2. The van der Waals surface area contributed by atoms with E-state index in [-0.39, 0.29) is 5.91 Å². The van der Waals surface area contributed by atoms with Gasteiger partial charge in [0.2, 0.25) is 0 Å².